The van der Waals surface area contributed by atoms with Crippen LogP contribution in [-0.4, -0.2) is 48.9 Å². The van der Waals surface area contributed by atoms with Crippen molar-refractivity contribution in [3.8, 4) is 5.75 Å². The van der Waals surface area contributed by atoms with Gasteiger partial charge < -0.3 is 14.6 Å². The molecular weight excluding hydrogens is 306 g/mol. The van der Waals surface area contributed by atoms with E-state index in [1.165, 1.54) is 5.56 Å². The van der Waals surface area contributed by atoms with E-state index in [2.05, 4.69) is 17.9 Å². The van der Waals surface area contributed by atoms with Crippen molar-refractivity contribution in [3.05, 3.63) is 29.3 Å². The highest BCUT2D eigenvalue weighted by atomic mass is 16.5. The fourth-order valence-electron chi connectivity index (χ4n) is 4.28. The number of hydrogen-bond donors (Lipinski definition) is 1. The van der Waals surface area contributed by atoms with Gasteiger partial charge >= 0.3 is 5.97 Å². The van der Waals surface area contributed by atoms with E-state index in [1.807, 2.05) is 12.1 Å². The fourth-order valence-corrected chi connectivity index (χ4v) is 4.28. The molecule has 0 saturated carbocycles. The minimum Gasteiger partial charge on any atom is -0.496 e. The molecule has 1 unspecified atom stereocenters. The molecule has 24 heavy (non-hydrogen) atoms. The largest absolute Gasteiger partial charge is 0.496 e. The molecule has 2 aliphatic heterocycles. The maximum Gasteiger partial charge on any atom is 0.304 e. The van der Waals surface area contributed by atoms with Crippen molar-refractivity contribution in [1.29, 1.82) is 0 Å². The van der Waals surface area contributed by atoms with Gasteiger partial charge in [0, 0.05) is 32.3 Å². The van der Waals surface area contributed by atoms with Gasteiger partial charge in [0.25, 0.3) is 0 Å². The van der Waals surface area contributed by atoms with Crippen LogP contribution in [0.2, 0.25) is 0 Å². The molecule has 0 aliphatic carbocycles. The van der Waals surface area contributed by atoms with Crippen LogP contribution in [-0.2, 0) is 16.1 Å². The molecule has 1 aromatic carbocycles. The summed E-state index contributed by atoms with van der Waals surface area (Å²) in [4.78, 5) is 13.7. The van der Waals surface area contributed by atoms with Crippen LogP contribution in [0.1, 0.15) is 36.8 Å². The van der Waals surface area contributed by atoms with Gasteiger partial charge in [0.1, 0.15) is 5.75 Å². The smallest absolute Gasteiger partial charge is 0.304 e. The van der Waals surface area contributed by atoms with E-state index in [9.17, 15) is 9.90 Å². The Morgan fingerprint density at radius 1 is 1.42 bits per heavy atom. The van der Waals surface area contributed by atoms with Gasteiger partial charge in [-0.2, -0.15) is 0 Å². The fraction of sp³-hybridized carbons (Fsp3) is 0.632. The molecule has 1 N–H and O–H groups in total. The van der Waals surface area contributed by atoms with Crippen molar-refractivity contribution in [2.75, 3.05) is 26.9 Å². The number of likely N-dealkylation sites (tertiary alicyclic amines) is 1. The summed E-state index contributed by atoms with van der Waals surface area (Å²) in [6, 6.07) is 6.20. The third kappa shape index (κ3) is 3.57. The Balaban J connectivity index is 1.80. The summed E-state index contributed by atoms with van der Waals surface area (Å²) in [7, 11) is 1.69. The van der Waals surface area contributed by atoms with E-state index < -0.39 is 5.97 Å². The summed E-state index contributed by atoms with van der Waals surface area (Å²) < 4.78 is 10.9. The van der Waals surface area contributed by atoms with Crippen molar-refractivity contribution in [3.63, 3.8) is 0 Å². The van der Waals surface area contributed by atoms with Gasteiger partial charge in [0.2, 0.25) is 0 Å². The second-order valence-electron chi connectivity index (χ2n) is 7.22. The minimum absolute atomic E-state index is 0.103. The zero-order valence-corrected chi connectivity index (χ0v) is 14.6. The van der Waals surface area contributed by atoms with E-state index in [0.717, 1.165) is 56.9 Å². The molecule has 2 aliphatic rings. The summed E-state index contributed by atoms with van der Waals surface area (Å²) in [6.07, 6.45) is 3.25. The molecule has 0 amide bonds. The van der Waals surface area contributed by atoms with E-state index >= 15 is 0 Å². The molecule has 2 saturated heterocycles. The van der Waals surface area contributed by atoms with Crippen LogP contribution < -0.4 is 4.74 Å². The Labute approximate surface area is 143 Å². The van der Waals surface area contributed by atoms with Gasteiger partial charge in [-0.1, -0.05) is 12.1 Å². The Kier molecular flexibility index (Phi) is 5.11. The number of rotatable bonds is 5. The maximum absolute atomic E-state index is 11.3. The molecule has 0 bridgehead atoms. The lowest BCUT2D eigenvalue weighted by Crippen LogP contribution is -2.34. The predicted octanol–water partition coefficient (Wildman–Crippen LogP) is 2.85. The van der Waals surface area contributed by atoms with Gasteiger partial charge in [-0.05, 0) is 48.8 Å². The molecule has 1 aromatic rings. The van der Waals surface area contributed by atoms with E-state index in [4.69, 9.17) is 9.47 Å². The molecule has 5 heteroatoms. The standard InChI is InChI=1S/C19H27NO4/c1-14-15(4-3-5-17(14)23-2)12-20-13-19(6-8-24-9-7-19)11-16(20)10-18(21)22/h3-5,16H,6-13H2,1-2H3,(H,21,22). The zero-order chi connectivity index (χ0) is 17.2. The van der Waals surface area contributed by atoms with Gasteiger partial charge in [0.15, 0.2) is 0 Å². The number of aliphatic carboxylic acids is 1. The van der Waals surface area contributed by atoms with Crippen molar-refractivity contribution >= 4 is 5.97 Å². The number of carboxylic acid groups (broad SMARTS) is 1. The van der Waals surface area contributed by atoms with Crippen LogP contribution in [0, 0.1) is 12.3 Å². The Morgan fingerprint density at radius 2 is 2.17 bits per heavy atom. The Morgan fingerprint density at radius 3 is 2.83 bits per heavy atom. The van der Waals surface area contributed by atoms with Crippen molar-refractivity contribution < 1.29 is 19.4 Å². The molecule has 0 radical (unpaired) electrons. The lowest BCUT2D eigenvalue weighted by Gasteiger charge is -2.33. The Hall–Kier alpha value is -1.59. The number of hydrogen-bond acceptors (Lipinski definition) is 4. The predicted molar refractivity (Wildman–Crippen MR) is 91.3 cm³/mol. The normalized spacial score (nSPS) is 23.5. The number of nitrogens with zero attached hydrogens (tertiary/aromatic N) is 1. The van der Waals surface area contributed by atoms with Crippen LogP contribution in [0.5, 0.6) is 5.75 Å². The van der Waals surface area contributed by atoms with Crippen molar-refractivity contribution in [2.24, 2.45) is 5.41 Å². The van der Waals surface area contributed by atoms with Gasteiger partial charge in [-0.3, -0.25) is 9.69 Å². The SMILES string of the molecule is COc1cccc(CN2CC3(CCOCC3)CC2CC(=O)O)c1C. The van der Waals surface area contributed by atoms with E-state index in [1.54, 1.807) is 7.11 Å². The number of methoxy groups -OCH3 is 1. The molecule has 5 nitrogen and oxygen atoms in total. The van der Waals surface area contributed by atoms with Crippen LogP contribution in [0.25, 0.3) is 0 Å². The number of benzene rings is 1. The first kappa shape index (κ1) is 17.2. The third-order valence-corrected chi connectivity index (χ3v) is 5.68. The minimum atomic E-state index is -0.712. The highest BCUT2D eigenvalue weighted by Gasteiger charge is 2.45. The first-order valence-corrected chi connectivity index (χ1v) is 8.69. The second kappa shape index (κ2) is 7.11. The Bertz CT molecular complexity index is 595. The average Bonchev–Trinajstić information content (AvgIpc) is 2.86. The first-order chi connectivity index (χ1) is 11.5. The van der Waals surface area contributed by atoms with Crippen LogP contribution in [0.3, 0.4) is 0 Å². The molecule has 3 rings (SSSR count). The highest BCUT2D eigenvalue weighted by Crippen LogP contribution is 2.44. The number of carbonyl (C=O) groups is 1. The van der Waals surface area contributed by atoms with E-state index in [0.29, 0.717) is 0 Å². The van der Waals surface area contributed by atoms with Crippen LogP contribution in [0.4, 0.5) is 0 Å². The molecule has 132 valence electrons. The van der Waals surface area contributed by atoms with Crippen molar-refractivity contribution in [1.82, 2.24) is 4.90 Å². The lowest BCUT2D eigenvalue weighted by molar-refractivity contribution is -0.138. The van der Waals surface area contributed by atoms with Gasteiger partial charge in [-0.15, -0.1) is 0 Å². The monoisotopic (exact) mass is 333 g/mol. The topological polar surface area (TPSA) is 59.0 Å². The molecule has 0 aromatic heterocycles. The van der Waals surface area contributed by atoms with Crippen molar-refractivity contribution in [2.45, 2.75) is 45.2 Å². The molecule has 1 spiro atoms. The summed E-state index contributed by atoms with van der Waals surface area (Å²) in [5.74, 6) is 0.179. The zero-order valence-electron chi connectivity index (χ0n) is 14.6. The summed E-state index contributed by atoms with van der Waals surface area (Å²) in [5, 5.41) is 9.31. The second-order valence-corrected chi connectivity index (χ2v) is 7.22. The average molecular weight is 333 g/mol. The number of carboxylic acids is 1. The lowest BCUT2D eigenvalue weighted by atomic mass is 9.78. The third-order valence-electron chi connectivity index (χ3n) is 5.68. The van der Waals surface area contributed by atoms with Gasteiger partial charge in [-0.25, -0.2) is 0 Å². The first-order valence-electron chi connectivity index (χ1n) is 8.69. The molecular formula is C19H27NO4. The summed E-state index contributed by atoms with van der Waals surface area (Å²) >= 11 is 0. The van der Waals surface area contributed by atoms with Gasteiger partial charge in [0.05, 0.1) is 13.5 Å². The maximum atomic E-state index is 11.3. The van der Waals surface area contributed by atoms with E-state index in [-0.39, 0.29) is 17.9 Å². The number of ether oxygens (including phenoxy) is 2. The molecule has 2 heterocycles. The van der Waals surface area contributed by atoms with Crippen LogP contribution >= 0.6 is 0 Å². The highest BCUT2D eigenvalue weighted by molar-refractivity contribution is 5.67. The summed E-state index contributed by atoms with van der Waals surface area (Å²) in [5.41, 5.74) is 2.58. The molecule has 2 fully saturated rings. The summed E-state index contributed by atoms with van der Waals surface area (Å²) in [6.45, 7) is 5.41. The van der Waals surface area contributed by atoms with Crippen LogP contribution in [0.15, 0.2) is 18.2 Å². The quantitative estimate of drug-likeness (QED) is 0.898. The molecule has 1 atom stereocenters.